The first-order valence-electron chi connectivity index (χ1n) is 9.12. The summed E-state index contributed by atoms with van der Waals surface area (Å²) < 4.78 is 37.6. The van der Waals surface area contributed by atoms with E-state index in [9.17, 15) is 18.3 Å². The van der Waals surface area contributed by atoms with Gasteiger partial charge in [0.2, 0.25) is 10.0 Å². The van der Waals surface area contributed by atoms with Crippen molar-refractivity contribution in [3.05, 3.63) is 53.6 Å². The number of sulfonamides is 1. The molecule has 1 aliphatic rings. The van der Waals surface area contributed by atoms with E-state index in [0.29, 0.717) is 23.4 Å². The fourth-order valence-electron chi connectivity index (χ4n) is 3.43. The predicted octanol–water partition coefficient (Wildman–Crippen LogP) is 2.38. The van der Waals surface area contributed by atoms with Crippen molar-refractivity contribution in [3.63, 3.8) is 0 Å². The molecule has 2 aromatic carbocycles. The molecule has 0 radical (unpaired) electrons. The fourth-order valence-corrected chi connectivity index (χ4v) is 4.52. The minimum absolute atomic E-state index is 0.0299. The Labute approximate surface area is 169 Å². The first kappa shape index (κ1) is 21.1. The molecule has 8 nitrogen and oxygen atoms in total. The van der Waals surface area contributed by atoms with Gasteiger partial charge in [0.25, 0.3) is 0 Å². The van der Waals surface area contributed by atoms with E-state index in [1.165, 1.54) is 31.4 Å². The van der Waals surface area contributed by atoms with Crippen LogP contribution in [-0.4, -0.2) is 40.4 Å². The number of benzene rings is 2. The molecule has 3 rings (SSSR count). The summed E-state index contributed by atoms with van der Waals surface area (Å²) >= 11 is 0. The maximum atomic E-state index is 12.7. The molecule has 0 unspecified atom stereocenters. The Balaban J connectivity index is 1.74. The average Bonchev–Trinajstić information content (AvgIpc) is 2.72. The number of aliphatic hydroxyl groups is 1. The summed E-state index contributed by atoms with van der Waals surface area (Å²) in [6.45, 7) is -0.142. The van der Waals surface area contributed by atoms with Crippen molar-refractivity contribution >= 4 is 21.8 Å². The van der Waals surface area contributed by atoms with Crippen LogP contribution in [0.15, 0.2) is 47.4 Å². The summed E-state index contributed by atoms with van der Waals surface area (Å²) in [5.41, 5.74) is 0.782. The number of carbonyl (C=O) groups is 1. The van der Waals surface area contributed by atoms with E-state index in [1.54, 1.807) is 19.2 Å². The van der Waals surface area contributed by atoms with Crippen molar-refractivity contribution in [2.24, 2.45) is 0 Å². The summed E-state index contributed by atoms with van der Waals surface area (Å²) in [6.07, 6.45) is 1.35. The number of carbonyl (C=O) groups excluding carboxylic acids is 1. The quantitative estimate of drug-likeness (QED) is 0.661. The molecule has 29 heavy (non-hydrogen) atoms. The van der Waals surface area contributed by atoms with E-state index in [1.807, 2.05) is 6.07 Å². The SMILES string of the molecule is COC(=O)Nc1ccc(S(=O)(=O)NC[C@]2(O)CCCc3cc(OC)ccc32)cc1. The van der Waals surface area contributed by atoms with Gasteiger partial charge in [-0.15, -0.1) is 0 Å². The average molecular weight is 420 g/mol. The largest absolute Gasteiger partial charge is 0.497 e. The van der Waals surface area contributed by atoms with Crippen LogP contribution < -0.4 is 14.8 Å². The number of fused-ring (bicyclic) bond motifs is 1. The van der Waals surface area contributed by atoms with Crippen molar-refractivity contribution in [2.75, 3.05) is 26.1 Å². The van der Waals surface area contributed by atoms with Crippen LogP contribution in [0.5, 0.6) is 5.75 Å². The van der Waals surface area contributed by atoms with Gasteiger partial charge in [0, 0.05) is 12.2 Å². The van der Waals surface area contributed by atoms with Crippen molar-refractivity contribution < 1.29 is 27.8 Å². The number of rotatable bonds is 6. The molecule has 9 heteroatoms. The van der Waals surface area contributed by atoms with Crippen molar-refractivity contribution in [3.8, 4) is 5.75 Å². The van der Waals surface area contributed by atoms with Crippen LogP contribution in [0.4, 0.5) is 10.5 Å². The van der Waals surface area contributed by atoms with Gasteiger partial charge in [0.1, 0.15) is 11.4 Å². The summed E-state index contributed by atoms with van der Waals surface area (Å²) in [5, 5.41) is 13.6. The summed E-state index contributed by atoms with van der Waals surface area (Å²) in [5.74, 6) is 0.703. The fraction of sp³-hybridized carbons (Fsp3) is 0.350. The van der Waals surface area contributed by atoms with Gasteiger partial charge in [0.05, 0.1) is 19.1 Å². The molecule has 0 aromatic heterocycles. The number of ether oxygens (including phenoxy) is 2. The van der Waals surface area contributed by atoms with E-state index in [0.717, 1.165) is 18.4 Å². The Kier molecular flexibility index (Phi) is 6.11. The molecule has 0 heterocycles. The van der Waals surface area contributed by atoms with Crippen molar-refractivity contribution in [1.29, 1.82) is 0 Å². The zero-order valence-corrected chi connectivity index (χ0v) is 17.1. The third-order valence-electron chi connectivity index (χ3n) is 5.00. The molecular formula is C20H24N2O6S. The maximum Gasteiger partial charge on any atom is 0.411 e. The lowest BCUT2D eigenvalue weighted by Crippen LogP contribution is -2.42. The molecule has 156 valence electrons. The molecule has 0 fully saturated rings. The number of hydrogen-bond donors (Lipinski definition) is 3. The molecular weight excluding hydrogens is 396 g/mol. The standard InChI is InChI=1S/C20H24N2O6S/c1-27-16-7-10-18-14(12-16)4-3-11-20(18,24)13-21-29(25,26)17-8-5-15(6-9-17)22-19(23)28-2/h5-10,12,21,24H,3-4,11,13H2,1-2H3,(H,22,23)/t20-/m1/s1. The van der Waals surface area contributed by atoms with Crippen LogP contribution in [0.25, 0.3) is 0 Å². The first-order valence-corrected chi connectivity index (χ1v) is 10.6. The minimum Gasteiger partial charge on any atom is -0.497 e. The van der Waals surface area contributed by atoms with E-state index >= 15 is 0 Å². The first-order chi connectivity index (χ1) is 13.8. The maximum absolute atomic E-state index is 12.7. The van der Waals surface area contributed by atoms with Crippen LogP contribution in [0, 0.1) is 0 Å². The Hall–Kier alpha value is -2.62. The smallest absolute Gasteiger partial charge is 0.411 e. The Morgan fingerprint density at radius 3 is 2.55 bits per heavy atom. The van der Waals surface area contributed by atoms with Gasteiger partial charge in [-0.05, 0) is 66.8 Å². The number of aryl methyl sites for hydroxylation is 1. The lowest BCUT2D eigenvalue weighted by Gasteiger charge is -2.34. The van der Waals surface area contributed by atoms with Gasteiger partial charge < -0.3 is 14.6 Å². The highest BCUT2D eigenvalue weighted by Crippen LogP contribution is 2.36. The minimum atomic E-state index is -3.84. The number of hydrogen-bond acceptors (Lipinski definition) is 6. The molecule has 0 spiro atoms. The monoisotopic (exact) mass is 420 g/mol. The lowest BCUT2D eigenvalue weighted by molar-refractivity contribution is 0.0242. The molecule has 0 saturated carbocycles. The van der Waals surface area contributed by atoms with E-state index in [-0.39, 0.29) is 11.4 Å². The highest BCUT2D eigenvalue weighted by Gasteiger charge is 2.35. The zero-order chi connectivity index (χ0) is 21.1. The second-order valence-corrected chi connectivity index (χ2v) is 8.64. The Bertz CT molecular complexity index is 991. The number of nitrogens with one attached hydrogen (secondary N) is 2. The molecule has 0 aliphatic heterocycles. The molecule has 0 bridgehead atoms. The number of methoxy groups -OCH3 is 2. The van der Waals surface area contributed by atoms with Crippen LogP contribution in [0.2, 0.25) is 0 Å². The van der Waals surface area contributed by atoms with Crippen LogP contribution >= 0.6 is 0 Å². The summed E-state index contributed by atoms with van der Waals surface area (Å²) in [4.78, 5) is 11.2. The number of amides is 1. The van der Waals surface area contributed by atoms with Crippen molar-refractivity contribution in [2.45, 2.75) is 29.8 Å². The van der Waals surface area contributed by atoms with Gasteiger partial charge in [-0.25, -0.2) is 17.9 Å². The summed E-state index contributed by atoms with van der Waals surface area (Å²) in [6, 6.07) is 11.1. The van der Waals surface area contributed by atoms with Gasteiger partial charge in [0.15, 0.2) is 0 Å². The molecule has 0 saturated heterocycles. The van der Waals surface area contributed by atoms with Gasteiger partial charge >= 0.3 is 6.09 Å². The highest BCUT2D eigenvalue weighted by molar-refractivity contribution is 7.89. The third kappa shape index (κ3) is 4.69. The van der Waals surface area contributed by atoms with E-state index in [2.05, 4.69) is 14.8 Å². The predicted molar refractivity (Wildman–Crippen MR) is 107 cm³/mol. The Morgan fingerprint density at radius 2 is 1.90 bits per heavy atom. The second kappa shape index (κ2) is 8.40. The summed E-state index contributed by atoms with van der Waals surface area (Å²) in [7, 11) is -1.02. The third-order valence-corrected chi connectivity index (χ3v) is 6.42. The Morgan fingerprint density at radius 1 is 1.17 bits per heavy atom. The topological polar surface area (TPSA) is 114 Å². The molecule has 3 N–H and O–H groups in total. The normalized spacial score (nSPS) is 18.6. The molecule has 1 amide bonds. The number of anilines is 1. The lowest BCUT2D eigenvalue weighted by atomic mass is 9.79. The van der Waals surface area contributed by atoms with Crippen LogP contribution in [-0.2, 0) is 26.8 Å². The van der Waals surface area contributed by atoms with Crippen molar-refractivity contribution in [1.82, 2.24) is 4.72 Å². The molecule has 1 atom stereocenters. The van der Waals surface area contributed by atoms with E-state index < -0.39 is 21.7 Å². The second-order valence-electron chi connectivity index (χ2n) is 6.87. The molecule has 2 aromatic rings. The highest BCUT2D eigenvalue weighted by atomic mass is 32.2. The van der Waals surface area contributed by atoms with Crippen LogP contribution in [0.3, 0.4) is 0 Å². The van der Waals surface area contributed by atoms with Gasteiger partial charge in [-0.2, -0.15) is 0 Å². The van der Waals surface area contributed by atoms with E-state index in [4.69, 9.17) is 4.74 Å². The zero-order valence-electron chi connectivity index (χ0n) is 16.3. The molecule has 1 aliphatic carbocycles. The van der Waals surface area contributed by atoms with Crippen LogP contribution in [0.1, 0.15) is 24.0 Å². The van der Waals surface area contributed by atoms with Gasteiger partial charge in [-0.1, -0.05) is 6.07 Å². The van der Waals surface area contributed by atoms with Gasteiger partial charge in [-0.3, -0.25) is 5.32 Å².